The zero-order valence-corrected chi connectivity index (χ0v) is 14.7. The van der Waals surface area contributed by atoms with Gasteiger partial charge in [0.05, 0.1) is 0 Å². The minimum atomic E-state index is -3.36. The van der Waals surface area contributed by atoms with Gasteiger partial charge in [0, 0.05) is 0 Å². The van der Waals surface area contributed by atoms with Crippen LogP contribution in [0.5, 0.6) is 0 Å². The van der Waals surface area contributed by atoms with Crippen molar-refractivity contribution in [3.05, 3.63) is 48.5 Å². The molecule has 2 aromatic rings. The van der Waals surface area contributed by atoms with Crippen molar-refractivity contribution in [1.82, 2.24) is 0 Å². The number of benzene rings is 2. The van der Waals surface area contributed by atoms with Crippen LogP contribution in [0.3, 0.4) is 0 Å². The molecule has 0 aliphatic rings. The van der Waals surface area contributed by atoms with Gasteiger partial charge < -0.3 is 0 Å². The summed E-state index contributed by atoms with van der Waals surface area (Å²) in [4.78, 5) is 0.745. The van der Waals surface area contributed by atoms with E-state index in [1.165, 1.54) is 33.7 Å². The average molecular weight is 370 g/mol. The predicted octanol–water partition coefficient (Wildman–Crippen LogP) is -0.964. The van der Waals surface area contributed by atoms with Crippen LogP contribution in [0, 0.1) is 0 Å². The summed E-state index contributed by atoms with van der Waals surface area (Å²) in [6.07, 6.45) is 0. The van der Waals surface area contributed by atoms with Gasteiger partial charge in [-0.15, -0.1) is 0 Å². The van der Waals surface area contributed by atoms with Crippen LogP contribution in [0.4, 0.5) is 0 Å². The van der Waals surface area contributed by atoms with Gasteiger partial charge in [0.15, 0.2) is 0 Å². The van der Waals surface area contributed by atoms with E-state index in [9.17, 15) is 8.42 Å². The third-order valence-electron chi connectivity index (χ3n) is 2.34. The summed E-state index contributed by atoms with van der Waals surface area (Å²) in [6.45, 7) is 0. The zero-order valence-electron chi connectivity index (χ0n) is 9.00. The Labute approximate surface area is 118 Å². The fraction of sp³-hybridized carbons (Fsp3) is 0. The van der Waals surface area contributed by atoms with Crippen LogP contribution >= 0.6 is 0 Å². The fourth-order valence-electron chi connectivity index (χ4n) is 1.50. The van der Waals surface area contributed by atoms with Gasteiger partial charge in [-0.05, 0) is 0 Å². The zero-order chi connectivity index (χ0) is 12.5. The van der Waals surface area contributed by atoms with Crippen LogP contribution in [-0.2, 0) is 9.84 Å². The fourth-order valence-corrected chi connectivity index (χ4v) is 4.60. The second-order valence-corrected chi connectivity index (χ2v) is 8.40. The van der Waals surface area contributed by atoms with Crippen LogP contribution in [0.1, 0.15) is 0 Å². The molecule has 0 aliphatic carbocycles. The molecule has 0 heterocycles. The predicted molar refractivity (Wildman–Crippen MR) is 74.7 cm³/mol. The van der Waals surface area contributed by atoms with Crippen molar-refractivity contribution in [3.63, 3.8) is 0 Å². The van der Waals surface area contributed by atoms with Gasteiger partial charge in [0.1, 0.15) is 0 Å². The van der Waals surface area contributed by atoms with E-state index >= 15 is 0 Å². The Morgan fingerprint density at radius 1 is 0.765 bits per heavy atom. The quantitative estimate of drug-likeness (QED) is 0.639. The molecule has 17 heavy (non-hydrogen) atoms. The molecule has 5 heteroatoms. The molecule has 0 N–H and O–H groups in total. The first-order valence-electron chi connectivity index (χ1n) is 4.96. The van der Waals surface area contributed by atoms with E-state index in [0.717, 1.165) is 8.70 Å². The first kappa shape index (κ1) is 13.0. The Morgan fingerprint density at radius 2 is 1.18 bits per heavy atom. The maximum absolute atomic E-state index is 12.4. The molecule has 2 atom stereocenters. The molecule has 0 spiro atoms. The first-order chi connectivity index (χ1) is 8.00. The number of sulfone groups is 1. The van der Waals surface area contributed by atoms with Gasteiger partial charge in [-0.25, -0.2) is 0 Å². The molecule has 0 aliphatic heterocycles. The summed E-state index contributed by atoms with van der Waals surface area (Å²) in [5, 5.41) is 0. The molecule has 2 rings (SSSR count). The Bertz CT molecular complexity index is 600. The second kappa shape index (κ2) is 5.02. The molecule has 88 valence electrons. The molecule has 0 amide bonds. The van der Waals surface area contributed by atoms with E-state index in [1.807, 2.05) is 12.1 Å². The second-order valence-electron chi connectivity index (χ2n) is 3.65. The molecule has 0 radical (unpaired) electrons. The van der Waals surface area contributed by atoms with Crippen LogP contribution in [0.25, 0.3) is 0 Å². The van der Waals surface area contributed by atoms with Gasteiger partial charge >= 0.3 is 119 Å². The normalized spacial score (nSPS) is 11.4. The monoisotopic (exact) mass is 370 g/mol. The standard InChI is InChI=1S/C12H12As2O2S/c13-9-3-1-5-11(7-9)17(15,16)12-6-2-4-10(14)8-12/h1-8H,13-14H2. The Balaban J connectivity index is 2.58. The first-order valence-corrected chi connectivity index (χ1v) is 8.87. The van der Waals surface area contributed by atoms with Crippen molar-refractivity contribution in [2.45, 2.75) is 9.79 Å². The number of hydrogen-bond acceptors (Lipinski definition) is 2. The summed E-state index contributed by atoms with van der Waals surface area (Å²) in [5.41, 5.74) is 0. The molecule has 0 aromatic heterocycles. The van der Waals surface area contributed by atoms with Crippen molar-refractivity contribution in [1.29, 1.82) is 0 Å². The van der Waals surface area contributed by atoms with E-state index in [4.69, 9.17) is 0 Å². The molecular weight excluding hydrogens is 358 g/mol. The van der Waals surface area contributed by atoms with E-state index in [1.54, 1.807) is 36.4 Å². The molecule has 0 bridgehead atoms. The van der Waals surface area contributed by atoms with Gasteiger partial charge in [0.2, 0.25) is 0 Å². The molecule has 0 fully saturated rings. The third-order valence-corrected chi connectivity index (χ3v) is 5.59. The molecular formula is C12H12As2O2S. The van der Waals surface area contributed by atoms with Crippen molar-refractivity contribution in [3.8, 4) is 0 Å². The van der Waals surface area contributed by atoms with Crippen LogP contribution in [0.15, 0.2) is 58.3 Å². The van der Waals surface area contributed by atoms with Crippen LogP contribution < -0.4 is 8.70 Å². The molecule has 2 unspecified atom stereocenters. The number of rotatable bonds is 2. The van der Waals surface area contributed by atoms with Crippen LogP contribution in [-0.4, -0.2) is 42.1 Å². The summed E-state index contributed by atoms with van der Waals surface area (Å²) in [7, 11) is -3.36. The summed E-state index contributed by atoms with van der Waals surface area (Å²) in [5.74, 6) is 0. The van der Waals surface area contributed by atoms with Crippen molar-refractivity contribution in [2.24, 2.45) is 0 Å². The molecule has 2 aromatic carbocycles. The minimum absolute atomic E-state index is 0.373. The summed E-state index contributed by atoms with van der Waals surface area (Å²) < 4.78 is 26.7. The van der Waals surface area contributed by atoms with E-state index in [2.05, 4.69) is 0 Å². The third kappa shape index (κ3) is 2.85. The van der Waals surface area contributed by atoms with Gasteiger partial charge in [-0.3, -0.25) is 0 Å². The maximum atomic E-state index is 12.4. The van der Waals surface area contributed by atoms with Crippen LogP contribution in [0.2, 0.25) is 0 Å². The molecule has 0 saturated carbocycles. The summed E-state index contributed by atoms with van der Waals surface area (Å²) in [6, 6.07) is 14.1. The SMILES string of the molecule is O=S(=O)(c1cccc([AsH2])c1)c1cccc([AsH2])c1. The number of hydrogen-bond donors (Lipinski definition) is 0. The Kier molecular flexibility index (Phi) is 3.82. The summed E-state index contributed by atoms with van der Waals surface area (Å²) >= 11 is 2.85. The molecule has 2 nitrogen and oxygen atoms in total. The van der Waals surface area contributed by atoms with E-state index < -0.39 is 9.84 Å². The Morgan fingerprint density at radius 3 is 1.53 bits per heavy atom. The van der Waals surface area contributed by atoms with Gasteiger partial charge in [0.25, 0.3) is 0 Å². The average Bonchev–Trinajstić information content (AvgIpc) is 2.29. The van der Waals surface area contributed by atoms with Crippen molar-refractivity contribution in [2.75, 3.05) is 0 Å². The molecule has 0 saturated heterocycles. The van der Waals surface area contributed by atoms with Gasteiger partial charge in [-0.1, -0.05) is 0 Å². The van der Waals surface area contributed by atoms with Gasteiger partial charge in [-0.2, -0.15) is 0 Å². The van der Waals surface area contributed by atoms with E-state index in [0.29, 0.717) is 9.79 Å². The topological polar surface area (TPSA) is 34.1 Å². The van der Waals surface area contributed by atoms with Crippen molar-refractivity contribution < 1.29 is 8.42 Å². The van der Waals surface area contributed by atoms with Crippen molar-refractivity contribution >= 4 is 52.2 Å². The van der Waals surface area contributed by atoms with E-state index in [-0.39, 0.29) is 0 Å². The Hall–Kier alpha value is -0.493.